The molecule has 0 aliphatic rings. The Kier molecular flexibility index (Phi) is 6.97. The summed E-state index contributed by atoms with van der Waals surface area (Å²) in [4.78, 5) is 12.2. The van der Waals surface area contributed by atoms with Crippen molar-refractivity contribution in [2.45, 2.75) is 18.6 Å². The number of ketones is 1. The van der Waals surface area contributed by atoms with Gasteiger partial charge in [-0.2, -0.15) is 8.42 Å². The van der Waals surface area contributed by atoms with Crippen LogP contribution in [-0.4, -0.2) is 48.3 Å². The number of benzene rings is 2. The fraction of sp³-hybridized carbons (Fsp3) is 0.188. The van der Waals surface area contributed by atoms with E-state index in [-0.39, 0.29) is 41.8 Å². The van der Waals surface area contributed by atoms with Crippen molar-refractivity contribution in [3.05, 3.63) is 71.3 Å². The van der Waals surface area contributed by atoms with Crippen LogP contribution in [0.25, 0.3) is 0 Å². The summed E-state index contributed by atoms with van der Waals surface area (Å²) in [6.45, 7) is 1.90. The fourth-order valence-corrected chi connectivity index (χ4v) is 2.95. The summed E-state index contributed by atoms with van der Waals surface area (Å²) in [6, 6.07) is 15.1. The average molecular weight is 328 g/mol. The number of Topliss-reactive ketones (excluding diaryl/α,β-unsaturated/α-hetero) is 1. The Bertz CT molecular complexity index is 725. The Hall–Kier alpha value is -0.980. The predicted molar refractivity (Wildman–Crippen MR) is 88.0 cm³/mol. The van der Waals surface area contributed by atoms with E-state index < -0.39 is 15.4 Å². The first-order chi connectivity index (χ1) is 9.88. The van der Waals surface area contributed by atoms with Crippen molar-refractivity contribution >= 4 is 45.5 Å². The van der Waals surface area contributed by atoms with Gasteiger partial charge in [0, 0.05) is 12.0 Å². The molecule has 112 valence electrons. The average Bonchev–Trinajstić information content (AvgIpc) is 2.45. The summed E-state index contributed by atoms with van der Waals surface area (Å²) < 4.78 is 32.5. The van der Waals surface area contributed by atoms with E-state index in [1.807, 2.05) is 6.92 Å². The van der Waals surface area contributed by atoms with Crippen molar-refractivity contribution in [2.75, 3.05) is 0 Å². The number of hydrogen-bond donors (Lipinski definition) is 1. The molecule has 1 N–H and O–H groups in total. The van der Waals surface area contributed by atoms with Gasteiger partial charge in [-0.1, -0.05) is 60.2 Å². The summed E-state index contributed by atoms with van der Waals surface area (Å²) >= 11 is 0. The van der Waals surface area contributed by atoms with Crippen molar-refractivity contribution in [3.63, 3.8) is 0 Å². The maximum atomic E-state index is 12.2. The second-order valence-corrected chi connectivity index (χ2v) is 6.51. The summed E-state index contributed by atoms with van der Waals surface area (Å²) in [5.41, 5.74) is 1.85. The van der Waals surface area contributed by atoms with E-state index in [1.54, 1.807) is 54.6 Å². The third-order valence-corrected chi connectivity index (χ3v) is 4.43. The molecule has 0 aliphatic carbocycles. The van der Waals surface area contributed by atoms with Gasteiger partial charge in [-0.15, -0.1) is 0 Å². The van der Waals surface area contributed by atoms with E-state index in [2.05, 4.69) is 0 Å². The third kappa shape index (κ3) is 5.04. The Balaban J connectivity index is 0.00000242. The standard InChI is InChI=1S/C16H16O4S.Na.H/c1-12-7-9-13(10-8-12)15(17)11-16(21(18,19)20)14-5-3-2-4-6-14;;/h2-10,16H,11H2,1H3,(H,18,19,20);;. The molecule has 0 saturated heterocycles. The molecule has 0 aliphatic heterocycles. The van der Waals surface area contributed by atoms with Gasteiger partial charge >= 0.3 is 29.6 Å². The van der Waals surface area contributed by atoms with Gasteiger partial charge in [0.25, 0.3) is 10.1 Å². The Labute approximate surface area is 152 Å². The van der Waals surface area contributed by atoms with Crippen LogP contribution >= 0.6 is 0 Å². The van der Waals surface area contributed by atoms with Crippen LogP contribution in [0.15, 0.2) is 54.6 Å². The van der Waals surface area contributed by atoms with Crippen LogP contribution < -0.4 is 0 Å². The number of carbonyl (C=O) groups is 1. The predicted octanol–water partition coefficient (Wildman–Crippen LogP) is 2.55. The van der Waals surface area contributed by atoms with Crippen molar-refractivity contribution in [1.29, 1.82) is 0 Å². The van der Waals surface area contributed by atoms with Gasteiger partial charge in [0.2, 0.25) is 0 Å². The minimum absolute atomic E-state index is 0. The zero-order valence-electron chi connectivity index (χ0n) is 11.6. The minimum atomic E-state index is -4.35. The van der Waals surface area contributed by atoms with E-state index in [4.69, 9.17) is 0 Å². The quantitative estimate of drug-likeness (QED) is 0.520. The first-order valence-electron chi connectivity index (χ1n) is 6.49. The van der Waals surface area contributed by atoms with Crippen molar-refractivity contribution < 1.29 is 17.8 Å². The molecule has 4 nitrogen and oxygen atoms in total. The SMILES string of the molecule is Cc1ccc(C(=O)CC(c2ccccc2)S(=O)(=O)O)cc1.[NaH]. The van der Waals surface area contributed by atoms with Gasteiger partial charge in [0.05, 0.1) is 0 Å². The molecule has 2 rings (SSSR count). The molecule has 1 unspecified atom stereocenters. The molecular formula is C16H17NaO4S. The van der Waals surface area contributed by atoms with Crippen LogP contribution in [0.2, 0.25) is 0 Å². The Morgan fingerprint density at radius 1 is 1.05 bits per heavy atom. The maximum absolute atomic E-state index is 12.2. The first-order valence-corrected chi connectivity index (χ1v) is 7.99. The number of rotatable bonds is 5. The van der Waals surface area contributed by atoms with Gasteiger partial charge in [-0.25, -0.2) is 0 Å². The fourth-order valence-electron chi connectivity index (χ4n) is 2.09. The molecule has 6 heteroatoms. The van der Waals surface area contributed by atoms with Gasteiger partial charge in [0.15, 0.2) is 5.78 Å². The van der Waals surface area contributed by atoms with Crippen LogP contribution in [0.1, 0.15) is 33.2 Å². The van der Waals surface area contributed by atoms with Crippen LogP contribution in [0.3, 0.4) is 0 Å². The molecular weight excluding hydrogens is 311 g/mol. The molecule has 0 spiro atoms. The monoisotopic (exact) mass is 328 g/mol. The summed E-state index contributed by atoms with van der Waals surface area (Å²) in [5.74, 6) is -0.318. The summed E-state index contributed by atoms with van der Waals surface area (Å²) in [5, 5.41) is -1.24. The second-order valence-electron chi connectivity index (χ2n) is 4.91. The second kappa shape index (κ2) is 8.04. The van der Waals surface area contributed by atoms with Crippen LogP contribution in [0.5, 0.6) is 0 Å². The zero-order chi connectivity index (χ0) is 15.5. The molecule has 0 amide bonds. The van der Waals surface area contributed by atoms with Gasteiger partial charge in [-0.3, -0.25) is 9.35 Å². The number of aryl methyl sites for hydroxylation is 1. The number of carbonyl (C=O) groups excluding carboxylic acids is 1. The zero-order valence-corrected chi connectivity index (χ0v) is 12.4. The molecule has 2 aromatic rings. The molecule has 0 saturated carbocycles. The van der Waals surface area contributed by atoms with Crippen molar-refractivity contribution in [2.24, 2.45) is 0 Å². The first kappa shape index (κ1) is 19.1. The van der Waals surface area contributed by atoms with E-state index in [1.165, 1.54) is 0 Å². The van der Waals surface area contributed by atoms with Crippen molar-refractivity contribution in [1.82, 2.24) is 0 Å². The number of hydrogen-bond acceptors (Lipinski definition) is 3. The van der Waals surface area contributed by atoms with Gasteiger partial charge in [-0.05, 0) is 12.5 Å². The molecule has 22 heavy (non-hydrogen) atoms. The molecule has 0 radical (unpaired) electrons. The Morgan fingerprint density at radius 2 is 1.59 bits per heavy atom. The Morgan fingerprint density at radius 3 is 2.09 bits per heavy atom. The van der Waals surface area contributed by atoms with Crippen molar-refractivity contribution in [3.8, 4) is 0 Å². The van der Waals surface area contributed by atoms with E-state index in [0.29, 0.717) is 11.1 Å². The summed E-state index contributed by atoms with van der Waals surface area (Å²) in [7, 11) is -4.35. The molecule has 2 aromatic carbocycles. The van der Waals surface area contributed by atoms with Gasteiger partial charge < -0.3 is 0 Å². The molecule has 1 atom stereocenters. The van der Waals surface area contributed by atoms with Gasteiger partial charge in [0.1, 0.15) is 5.25 Å². The summed E-state index contributed by atoms with van der Waals surface area (Å²) in [6.07, 6.45) is -0.286. The van der Waals surface area contributed by atoms with E-state index in [9.17, 15) is 17.8 Å². The normalized spacial score (nSPS) is 12.3. The van der Waals surface area contributed by atoms with E-state index in [0.717, 1.165) is 5.56 Å². The molecule has 0 heterocycles. The third-order valence-electron chi connectivity index (χ3n) is 3.28. The molecule has 0 aromatic heterocycles. The van der Waals surface area contributed by atoms with E-state index >= 15 is 0 Å². The molecule has 0 fully saturated rings. The molecule has 0 bridgehead atoms. The topological polar surface area (TPSA) is 71.4 Å². The van der Waals surface area contributed by atoms with Crippen LogP contribution in [0.4, 0.5) is 0 Å². The van der Waals surface area contributed by atoms with Crippen LogP contribution in [0, 0.1) is 6.92 Å². The van der Waals surface area contributed by atoms with Crippen LogP contribution in [-0.2, 0) is 10.1 Å².